The number of aldehydes is 1. The van der Waals surface area contributed by atoms with Gasteiger partial charge in [0.25, 0.3) is 0 Å². The molecule has 17 heavy (non-hydrogen) atoms. The fourth-order valence-corrected chi connectivity index (χ4v) is 2.03. The summed E-state index contributed by atoms with van der Waals surface area (Å²) in [5.41, 5.74) is 1.14. The molecule has 0 saturated carbocycles. The van der Waals surface area contributed by atoms with Gasteiger partial charge >= 0.3 is 0 Å². The fourth-order valence-electron chi connectivity index (χ4n) is 2.03. The Bertz CT molecular complexity index is 381. The maximum atomic E-state index is 10.7. The van der Waals surface area contributed by atoms with E-state index < -0.39 is 0 Å². The number of para-hydroxylation sites is 1. The van der Waals surface area contributed by atoms with E-state index in [1.807, 2.05) is 24.3 Å². The first-order valence-corrected chi connectivity index (χ1v) is 5.74. The summed E-state index contributed by atoms with van der Waals surface area (Å²) in [6.45, 7) is 2.90. The first-order chi connectivity index (χ1) is 8.33. The average molecular weight is 235 g/mol. The van der Waals surface area contributed by atoms with Gasteiger partial charge in [-0.3, -0.25) is 4.90 Å². The van der Waals surface area contributed by atoms with Gasteiger partial charge in [0.05, 0.1) is 13.7 Å². The zero-order chi connectivity index (χ0) is 12.1. The zero-order valence-electron chi connectivity index (χ0n) is 9.96. The first kappa shape index (κ1) is 12.1. The van der Waals surface area contributed by atoms with E-state index in [4.69, 9.17) is 9.47 Å². The van der Waals surface area contributed by atoms with Crippen LogP contribution < -0.4 is 4.74 Å². The molecule has 0 aliphatic carbocycles. The van der Waals surface area contributed by atoms with Crippen LogP contribution in [0.25, 0.3) is 0 Å². The summed E-state index contributed by atoms with van der Waals surface area (Å²) < 4.78 is 10.6. The van der Waals surface area contributed by atoms with E-state index in [0.29, 0.717) is 13.2 Å². The second-order valence-electron chi connectivity index (χ2n) is 4.09. The third kappa shape index (κ3) is 3.05. The quantitative estimate of drug-likeness (QED) is 0.732. The predicted molar refractivity (Wildman–Crippen MR) is 64.1 cm³/mol. The molecule has 1 heterocycles. The molecule has 1 aliphatic rings. The molecule has 1 unspecified atom stereocenters. The number of morpholine rings is 1. The minimum Gasteiger partial charge on any atom is -0.496 e. The van der Waals surface area contributed by atoms with E-state index in [9.17, 15) is 4.79 Å². The van der Waals surface area contributed by atoms with E-state index >= 15 is 0 Å². The molecule has 0 aromatic heterocycles. The zero-order valence-corrected chi connectivity index (χ0v) is 9.96. The summed E-state index contributed by atoms with van der Waals surface area (Å²) in [7, 11) is 1.67. The Kier molecular flexibility index (Phi) is 4.12. The molecule has 0 spiro atoms. The van der Waals surface area contributed by atoms with Gasteiger partial charge in [0.2, 0.25) is 0 Å². The average Bonchev–Trinajstić information content (AvgIpc) is 2.39. The molecule has 92 valence electrons. The van der Waals surface area contributed by atoms with Crippen molar-refractivity contribution in [1.29, 1.82) is 0 Å². The molecule has 0 bridgehead atoms. The second kappa shape index (κ2) is 5.80. The van der Waals surface area contributed by atoms with Crippen LogP contribution in [0.5, 0.6) is 5.75 Å². The normalized spacial score (nSPS) is 21.1. The van der Waals surface area contributed by atoms with Crippen molar-refractivity contribution >= 4 is 6.29 Å². The van der Waals surface area contributed by atoms with E-state index in [2.05, 4.69) is 4.90 Å². The number of nitrogens with zero attached hydrogens (tertiary/aromatic N) is 1. The van der Waals surface area contributed by atoms with Gasteiger partial charge in [-0.15, -0.1) is 0 Å². The standard InChI is InChI=1S/C13H17NO3/c1-16-13-5-3-2-4-11(13)8-14-6-7-17-12(9-14)10-15/h2-5,10,12H,6-9H2,1H3. The summed E-state index contributed by atoms with van der Waals surface area (Å²) in [4.78, 5) is 12.9. The molecular weight excluding hydrogens is 218 g/mol. The van der Waals surface area contributed by atoms with Gasteiger partial charge in [-0.1, -0.05) is 18.2 Å². The van der Waals surface area contributed by atoms with Crippen LogP contribution in [0.4, 0.5) is 0 Å². The van der Waals surface area contributed by atoms with Crippen LogP contribution in [0.15, 0.2) is 24.3 Å². The maximum absolute atomic E-state index is 10.7. The third-order valence-corrected chi connectivity index (χ3v) is 2.92. The van der Waals surface area contributed by atoms with Gasteiger partial charge in [0, 0.05) is 25.2 Å². The Hall–Kier alpha value is -1.39. The lowest BCUT2D eigenvalue weighted by Gasteiger charge is -2.30. The first-order valence-electron chi connectivity index (χ1n) is 5.74. The molecule has 0 N–H and O–H groups in total. The summed E-state index contributed by atoms with van der Waals surface area (Å²) >= 11 is 0. The second-order valence-corrected chi connectivity index (χ2v) is 4.09. The van der Waals surface area contributed by atoms with Crippen molar-refractivity contribution in [2.24, 2.45) is 0 Å². The highest BCUT2D eigenvalue weighted by atomic mass is 16.5. The Labute approximate surface area is 101 Å². The molecule has 1 fully saturated rings. The van der Waals surface area contributed by atoms with E-state index in [1.54, 1.807) is 7.11 Å². The van der Waals surface area contributed by atoms with Gasteiger partial charge in [0.15, 0.2) is 0 Å². The summed E-state index contributed by atoms with van der Waals surface area (Å²) in [5, 5.41) is 0. The van der Waals surface area contributed by atoms with Gasteiger partial charge in [-0.25, -0.2) is 0 Å². The van der Waals surface area contributed by atoms with Crippen molar-refractivity contribution < 1.29 is 14.3 Å². The molecule has 4 nitrogen and oxygen atoms in total. The molecule has 1 saturated heterocycles. The van der Waals surface area contributed by atoms with Gasteiger partial charge in [-0.2, -0.15) is 0 Å². The summed E-state index contributed by atoms with van der Waals surface area (Å²) in [6.07, 6.45) is 0.576. The highest BCUT2D eigenvalue weighted by Crippen LogP contribution is 2.20. The van der Waals surface area contributed by atoms with Crippen LogP contribution in [0.1, 0.15) is 5.56 Å². The van der Waals surface area contributed by atoms with Crippen molar-refractivity contribution in [1.82, 2.24) is 4.90 Å². The number of benzene rings is 1. The van der Waals surface area contributed by atoms with Crippen molar-refractivity contribution in [2.75, 3.05) is 26.8 Å². The van der Waals surface area contributed by atoms with Crippen molar-refractivity contribution in [2.45, 2.75) is 12.6 Å². The molecule has 1 aromatic carbocycles. The Morgan fingerprint density at radius 3 is 3.12 bits per heavy atom. The predicted octanol–water partition coefficient (Wildman–Crippen LogP) is 1.09. The van der Waals surface area contributed by atoms with Crippen LogP contribution in [-0.2, 0) is 16.1 Å². The lowest BCUT2D eigenvalue weighted by molar-refractivity contribution is -0.123. The van der Waals surface area contributed by atoms with Gasteiger partial charge in [0.1, 0.15) is 18.1 Å². The number of rotatable bonds is 4. The lowest BCUT2D eigenvalue weighted by atomic mass is 10.1. The minimum absolute atomic E-state index is 0.293. The van der Waals surface area contributed by atoms with Crippen molar-refractivity contribution in [3.8, 4) is 5.75 Å². The maximum Gasteiger partial charge on any atom is 0.150 e. The van der Waals surface area contributed by atoms with E-state index in [-0.39, 0.29) is 6.10 Å². The van der Waals surface area contributed by atoms with E-state index in [0.717, 1.165) is 30.7 Å². The summed E-state index contributed by atoms with van der Waals surface area (Å²) in [5.74, 6) is 0.890. The fraction of sp³-hybridized carbons (Fsp3) is 0.462. The van der Waals surface area contributed by atoms with Crippen molar-refractivity contribution in [3.63, 3.8) is 0 Å². The molecule has 2 rings (SSSR count). The SMILES string of the molecule is COc1ccccc1CN1CCOC(C=O)C1. The number of hydrogen-bond acceptors (Lipinski definition) is 4. The van der Waals surface area contributed by atoms with Crippen LogP contribution in [-0.4, -0.2) is 44.1 Å². The van der Waals surface area contributed by atoms with Gasteiger partial charge < -0.3 is 14.3 Å². The largest absolute Gasteiger partial charge is 0.496 e. The Balaban J connectivity index is 2.02. The lowest BCUT2D eigenvalue weighted by Crippen LogP contribution is -2.42. The molecule has 1 atom stereocenters. The Morgan fingerprint density at radius 2 is 2.35 bits per heavy atom. The Morgan fingerprint density at radius 1 is 1.53 bits per heavy atom. The number of hydrogen-bond donors (Lipinski definition) is 0. The van der Waals surface area contributed by atoms with Crippen LogP contribution in [0, 0.1) is 0 Å². The molecule has 0 radical (unpaired) electrons. The monoisotopic (exact) mass is 235 g/mol. The van der Waals surface area contributed by atoms with Crippen LogP contribution in [0.3, 0.4) is 0 Å². The topological polar surface area (TPSA) is 38.8 Å². The highest BCUT2D eigenvalue weighted by molar-refractivity contribution is 5.56. The number of carbonyl (C=O) groups excluding carboxylic acids is 1. The molecule has 4 heteroatoms. The van der Waals surface area contributed by atoms with Crippen LogP contribution in [0.2, 0.25) is 0 Å². The third-order valence-electron chi connectivity index (χ3n) is 2.92. The molecule has 0 amide bonds. The van der Waals surface area contributed by atoms with E-state index in [1.165, 1.54) is 0 Å². The smallest absolute Gasteiger partial charge is 0.150 e. The minimum atomic E-state index is -0.293. The van der Waals surface area contributed by atoms with Crippen LogP contribution >= 0.6 is 0 Å². The number of methoxy groups -OCH3 is 1. The highest BCUT2D eigenvalue weighted by Gasteiger charge is 2.20. The van der Waals surface area contributed by atoms with Gasteiger partial charge in [-0.05, 0) is 6.07 Å². The number of ether oxygens (including phenoxy) is 2. The molecule has 1 aliphatic heterocycles. The molecular formula is C13H17NO3. The number of carbonyl (C=O) groups is 1. The summed E-state index contributed by atoms with van der Waals surface area (Å²) in [6, 6.07) is 7.95. The van der Waals surface area contributed by atoms with Crippen molar-refractivity contribution in [3.05, 3.63) is 29.8 Å². The molecule has 1 aromatic rings.